The molecule has 0 aliphatic heterocycles. The fourth-order valence-corrected chi connectivity index (χ4v) is 3.89. The van der Waals surface area contributed by atoms with E-state index >= 15 is 0 Å². The lowest BCUT2D eigenvalue weighted by Crippen LogP contribution is -2.11. The molecule has 0 fully saturated rings. The molecule has 0 atom stereocenters. The van der Waals surface area contributed by atoms with E-state index in [9.17, 15) is 4.79 Å². The molecule has 0 radical (unpaired) electrons. The molecule has 0 aliphatic carbocycles. The van der Waals surface area contributed by atoms with E-state index < -0.39 is 0 Å². The SMILES string of the molecule is CC(C)(C)c1csc(-c2cc3cc(COc4ccccc4C=O)ccc3o2)n1. The molecule has 0 unspecified atom stereocenters. The number of hydrogen-bond acceptors (Lipinski definition) is 5. The topological polar surface area (TPSA) is 52.3 Å². The molecule has 4 rings (SSSR count). The van der Waals surface area contributed by atoms with Gasteiger partial charge in [-0.1, -0.05) is 39.0 Å². The number of benzene rings is 2. The van der Waals surface area contributed by atoms with Crippen molar-refractivity contribution in [1.82, 2.24) is 4.98 Å². The van der Waals surface area contributed by atoms with E-state index in [1.165, 1.54) is 0 Å². The van der Waals surface area contributed by atoms with Gasteiger partial charge in [-0.05, 0) is 35.9 Å². The van der Waals surface area contributed by atoms with Gasteiger partial charge in [-0.3, -0.25) is 4.79 Å². The van der Waals surface area contributed by atoms with Crippen molar-refractivity contribution in [3.8, 4) is 16.5 Å². The Balaban J connectivity index is 1.56. The molecule has 4 aromatic rings. The normalized spacial score (nSPS) is 11.7. The minimum Gasteiger partial charge on any atom is -0.488 e. The van der Waals surface area contributed by atoms with E-state index in [1.807, 2.05) is 36.4 Å². The average Bonchev–Trinajstić information content (AvgIpc) is 3.32. The number of ether oxygens (including phenoxy) is 1. The first-order valence-corrected chi connectivity index (χ1v) is 9.98. The number of fused-ring (bicyclic) bond motifs is 1. The van der Waals surface area contributed by atoms with Crippen LogP contribution in [-0.2, 0) is 12.0 Å². The Labute approximate surface area is 167 Å². The van der Waals surface area contributed by atoms with Crippen LogP contribution < -0.4 is 4.74 Å². The summed E-state index contributed by atoms with van der Waals surface area (Å²) in [7, 11) is 0. The number of furan rings is 1. The maximum Gasteiger partial charge on any atom is 0.164 e. The van der Waals surface area contributed by atoms with Gasteiger partial charge in [0.25, 0.3) is 0 Å². The number of thiazole rings is 1. The van der Waals surface area contributed by atoms with Gasteiger partial charge in [-0.25, -0.2) is 4.98 Å². The van der Waals surface area contributed by atoms with Crippen LogP contribution in [0.4, 0.5) is 0 Å². The molecule has 0 aliphatic rings. The first kappa shape index (κ1) is 18.4. The van der Waals surface area contributed by atoms with E-state index in [0.29, 0.717) is 17.9 Å². The summed E-state index contributed by atoms with van der Waals surface area (Å²) in [4.78, 5) is 15.8. The summed E-state index contributed by atoms with van der Waals surface area (Å²) in [6, 6.07) is 15.2. The highest BCUT2D eigenvalue weighted by atomic mass is 32.1. The first-order chi connectivity index (χ1) is 13.4. The minimum atomic E-state index is 0.0169. The Kier molecular flexibility index (Phi) is 4.77. The zero-order valence-corrected chi connectivity index (χ0v) is 16.9. The lowest BCUT2D eigenvalue weighted by molar-refractivity contribution is 0.111. The van der Waals surface area contributed by atoms with E-state index in [4.69, 9.17) is 14.1 Å². The highest BCUT2D eigenvalue weighted by Gasteiger charge is 2.19. The number of carbonyl (C=O) groups is 1. The second-order valence-electron chi connectivity index (χ2n) is 7.72. The summed E-state index contributed by atoms with van der Waals surface area (Å²) < 4.78 is 11.8. The maximum atomic E-state index is 11.1. The fraction of sp³-hybridized carbons (Fsp3) is 0.217. The van der Waals surface area contributed by atoms with Gasteiger partial charge in [-0.2, -0.15) is 0 Å². The van der Waals surface area contributed by atoms with Crippen LogP contribution in [0.25, 0.3) is 21.7 Å². The molecule has 0 N–H and O–H groups in total. The van der Waals surface area contributed by atoms with Crippen molar-refractivity contribution >= 4 is 28.6 Å². The molecule has 2 aromatic carbocycles. The van der Waals surface area contributed by atoms with Crippen LogP contribution in [0.15, 0.2) is 58.3 Å². The highest BCUT2D eigenvalue weighted by molar-refractivity contribution is 7.13. The smallest absolute Gasteiger partial charge is 0.164 e. The molecule has 0 amide bonds. The van der Waals surface area contributed by atoms with E-state index in [1.54, 1.807) is 23.5 Å². The van der Waals surface area contributed by atoms with Gasteiger partial charge in [0, 0.05) is 16.2 Å². The molecule has 2 heterocycles. The average molecular weight is 391 g/mol. The van der Waals surface area contributed by atoms with E-state index in [2.05, 4.69) is 26.2 Å². The summed E-state index contributed by atoms with van der Waals surface area (Å²) in [6.07, 6.45) is 0.806. The predicted octanol–water partition coefficient (Wildman–Crippen LogP) is 6.25. The fourth-order valence-electron chi connectivity index (χ4n) is 2.89. The molecule has 0 spiro atoms. The minimum absolute atomic E-state index is 0.0169. The molecule has 2 aromatic heterocycles. The number of hydrogen-bond donors (Lipinski definition) is 0. The van der Waals surface area contributed by atoms with Crippen LogP contribution >= 0.6 is 11.3 Å². The molecule has 5 heteroatoms. The van der Waals surface area contributed by atoms with Crippen LogP contribution in [0.3, 0.4) is 0 Å². The number of aromatic nitrogens is 1. The predicted molar refractivity (Wildman–Crippen MR) is 112 cm³/mol. The molecule has 4 nitrogen and oxygen atoms in total. The molecule has 0 saturated heterocycles. The number of para-hydroxylation sites is 1. The number of nitrogens with zero attached hydrogens (tertiary/aromatic N) is 1. The van der Waals surface area contributed by atoms with Crippen molar-refractivity contribution in [2.45, 2.75) is 32.8 Å². The molecule has 28 heavy (non-hydrogen) atoms. The summed E-state index contributed by atoms with van der Waals surface area (Å²) >= 11 is 1.60. The summed E-state index contributed by atoms with van der Waals surface area (Å²) in [5.74, 6) is 1.36. The lowest BCUT2D eigenvalue weighted by atomic mass is 9.93. The quantitative estimate of drug-likeness (QED) is 0.378. The second kappa shape index (κ2) is 7.24. The van der Waals surface area contributed by atoms with Crippen LogP contribution in [0.2, 0.25) is 0 Å². The Bertz CT molecular complexity index is 1130. The van der Waals surface area contributed by atoms with Crippen molar-refractivity contribution in [3.05, 3.63) is 70.7 Å². The maximum absolute atomic E-state index is 11.1. The third kappa shape index (κ3) is 3.71. The van der Waals surface area contributed by atoms with E-state index in [-0.39, 0.29) is 5.41 Å². The van der Waals surface area contributed by atoms with Crippen molar-refractivity contribution in [1.29, 1.82) is 0 Å². The van der Waals surface area contributed by atoms with Gasteiger partial charge in [0.1, 0.15) is 17.9 Å². The molecular formula is C23H21NO3S. The number of aldehydes is 1. The van der Waals surface area contributed by atoms with Gasteiger partial charge >= 0.3 is 0 Å². The highest BCUT2D eigenvalue weighted by Crippen LogP contribution is 2.33. The van der Waals surface area contributed by atoms with Crippen molar-refractivity contribution in [2.24, 2.45) is 0 Å². The van der Waals surface area contributed by atoms with Gasteiger partial charge < -0.3 is 9.15 Å². The van der Waals surface area contributed by atoms with Gasteiger partial charge in [0.2, 0.25) is 0 Å². The molecular weight excluding hydrogens is 370 g/mol. The van der Waals surface area contributed by atoms with Crippen molar-refractivity contribution < 1.29 is 13.9 Å². The lowest BCUT2D eigenvalue weighted by Gasteiger charge is -2.13. The Morgan fingerprint density at radius 1 is 1.14 bits per heavy atom. The number of rotatable bonds is 5. The summed E-state index contributed by atoms with van der Waals surface area (Å²) in [5, 5.41) is 3.98. The van der Waals surface area contributed by atoms with Gasteiger partial charge in [0.05, 0.1) is 11.3 Å². The van der Waals surface area contributed by atoms with Crippen LogP contribution in [0.5, 0.6) is 5.75 Å². The monoisotopic (exact) mass is 391 g/mol. The first-order valence-electron chi connectivity index (χ1n) is 9.10. The standard InChI is InChI=1S/C23H21NO3S/c1-23(2,3)21-14-28-22(24-21)20-11-17-10-15(8-9-19(17)27-20)13-26-18-7-5-4-6-16(18)12-25/h4-12,14H,13H2,1-3H3. The Morgan fingerprint density at radius 3 is 2.71 bits per heavy atom. The summed E-state index contributed by atoms with van der Waals surface area (Å²) in [6.45, 7) is 6.84. The third-order valence-corrected chi connectivity index (χ3v) is 5.36. The zero-order valence-electron chi connectivity index (χ0n) is 16.1. The van der Waals surface area contributed by atoms with Crippen LogP contribution in [0.1, 0.15) is 42.4 Å². The van der Waals surface area contributed by atoms with Gasteiger partial charge in [-0.15, -0.1) is 11.3 Å². The summed E-state index contributed by atoms with van der Waals surface area (Å²) in [5.41, 5.74) is 3.46. The van der Waals surface area contributed by atoms with Crippen LogP contribution in [-0.4, -0.2) is 11.3 Å². The van der Waals surface area contributed by atoms with Gasteiger partial charge in [0.15, 0.2) is 17.1 Å². The zero-order chi connectivity index (χ0) is 19.7. The molecule has 142 valence electrons. The molecule has 0 bridgehead atoms. The second-order valence-corrected chi connectivity index (χ2v) is 8.57. The van der Waals surface area contributed by atoms with Crippen molar-refractivity contribution in [2.75, 3.05) is 0 Å². The van der Waals surface area contributed by atoms with Crippen molar-refractivity contribution in [3.63, 3.8) is 0 Å². The largest absolute Gasteiger partial charge is 0.488 e. The van der Waals surface area contributed by atoms with Crippen LogP contribution in [0, 0.1) is 0 Å². The molecule has 0 saturated carbocycles. The third-order valence-electron chi connectivity index (χ3n) is 4.50. The Morgan fingerprint density at radius 2 is 1.96 bits per heavy atom. The number of carbonyl (C=O) groups excluding carboxylic acids is 1. The van der Waals surface area contributed by atoms with E-state index in [0.717, 1.165) is 39.3 Å². The Hall–Kier alpha value is -2.92.